The molecule has 7 heteroatoms. The second kappa shape index (κ2) is 6.53. The summed E-state index contributed by atoms with van der Waals surface area (Å²) in [7, 11) is 0. The molecule has 0 radical (unpaired) electrons. The monoisotopic (exact) mass is 292 g/mol. The molecular formula is C14H20N4O3. The van der Waals surface area contributed by atoms with Crippen LogP contribution in [0.1, 0.15) is 25.7 Å². The lowest BCUT2D eigenvalue weighted by Crippen LogP contribution is -2.52. The number of nitrogens with two attached hydrogens (primary N) is 1. The van der Waals surface area contributed by atoms with Crippen molar-refractivity contribution in [2.24, 2.45) is 5.73 Å². The number of rotatable bonds is 6. The molecule has 21 heavy (non-hydrogen) atoms. The molecule has 0 saturated heterocycles. The minimum Gasteiger partial charge on any atom is -0.378 e. The van der Waals surface area contributed by atoms with Gasteiger partial charge in [0.2, 0.25) is 5.91 Å². The van der Waals surface area contributed by atoms with E-state index in [9.17, 15) is 14.9 Å². The molecule has 1 aliphatic rings. The van der Waals surface area contributed by atoms with E-state index in [0.29, 0.717) is 18.8 Å². The van der Waals surface area contributed by atoms with Gasteiger partial charge in [0.15, 0.2) is 0 Å². The number of nitrogens with one attached hydrogen (secondary N) is 2. The number of amides is 1. The zero-order chi connectivity index (χ0) is 15.3. The van der Waals surface area contributed by atoms with Gasteiger partial charge in [0.05, 0.1) is 10.5 Å². The third-order valence-corrected chi connectivity index (χ3v) is 3.77. The topological polar surface area (TPSA) is 110 Å². The molecule has 1 aliphatic carbocycles. The van der Waals surface area contributed by atoms with Crippen molar-refractivity contribution in [3.63, 3.8) is 0 Å². The first-order valence-corrected chi connectivity index (χ1v) is 7.07. The summed E-state index contributed by atoms with van der Waals surface area (Å²) in [5.41, 5.74) is 5.77. The minimum absolute atomic E-state index is 0.0231. The molecule has 1 fully saturated rings. The molecule has 7 nitrogen and oxygen atoms in total. The van der Waals surface area contributed by atoms with Gasteiger partial charge in [0.1, 0.15) is 5.69 Å². The van der Waals surface area contributed by atoms with Crippen LogP contribution in [0.4, 0.5) is 11.4 Å². The van der Waals surface area contributed by atoms with Crippen LogP contribution < -0.4 is 16.4 Å². The van der Waals surface area contributed by atoms with Crippen LogP contribution in [0.2, 0.25) is 0 Å². The summed E-state index contributed by atoms with van der Waals surface area (Å²) >= 11 is 0. The number of nitrogens with zero attached hydrogens (tertiary/aromatic N) is 1. The van der Waals surface area contributed by atoms with Crippen molar-refractivity contribution in [3.8, 4) is 0 Å². The third kappa shape index (κ3) is 3.69. The summed E-state index contributed by atoms with van der Waals surface area (Å²) in [5.74, 6) is -0.135. The van der Waals surface area contributed by atoms with Crippen LogP contribution >= 0.6 is 0 Å². The molecule has 1 saturated carbocycles. The maximum absolute atomic E-state index is 12.0. The van der Waals surface area contributed by atoms with E-state index in [-0.39, 0.29) is 11.6 Å². The summed E-state index contributed by atoms with van der Waals surface area (Å²) in [6.07, 6.45) is 3.41. The number of hydrogen-bond acceptors (Lipinski definition) is 5. The second-order valence-electron chi connectivity index (χ2n) is 5.32. The Kier molecular flexibility index (Phi) is 4.74. The maximum atomic E-state index is 12.0. The average molecular weight is 292 g/mol. The molecule has 1 aromatic carbocycles. The van der Waals surface area contributed by atoms with Crippen molar-refractivity contribution in [2.75, 3.05) is 18.4 Å². The highest BCUT2D eigenvalue weighted by Gasteiger charge is 2.36. The number of carbonyl (C=O) groups excluding carboxylic acids is 1. The highest BCUT2D eigenvalue weighted by molar-refractivity contribution is 5.86. The van der Waals surface area contributed by atoms with E-state index in [4.69, 9.17) is 5.73 Å². The first kappa shape index (κ1) is 15.2. The first-order chi connectivity index (χ1) is 10.0. The van der Waals surface area contributed by atoms with E-state index in [0.717, 1.165) is 25.7 Å². The van der Waals surface area contributed by atoms with Crippen LogP contribution in [0.3, 0.4) is 0 Å². The zero-order valence-electron chi connectivity index (χ0n) is 11.8. The summed E-state index contributed by atoms with van der Waals surface area (Å²) in [6, 6.07) is 6.42. The van der Waals surface area contributed by atoms with E-state index in [2.05, 4.69) is 10.6 Å². The number of nitro benzene ring substituents is 1. The number of anilines is 1. The molecule has 114 valence electrons. The SMILES string of the molecule is NC1(C(=O)NCCNc2ccccc2[N+](=O)[O-])CCCC1. The Balaban J connectivity index is 1.80. The van der Waals surface area contributed by atoms with Crippen molar-refractivity contribution in [1.82, 2.24) is 5.32 Å². The average Bonchev–Trinajstić information content (AvgIpc) is 2.92. The van der Waals surface area contributed by atoms with E-state index < -0.39 is 10.5 Å². The predicted molar refractivity (Wildman–Crippen MR) is 80.0 cm³/mol. The number of carbonyl (C=O) groups is 1. The largest absolute Gasteiger partial charge is 0.378 e. The van der Waals surface area contributed by atoms with Crippen LogP contribution in [0.5, 0.6) is 0 Å². The summed E-state index contributed by atoms with van der Waals surface area (Å²) in [6.45, 7) is 0.788. The fraction of sp³-hybridized carbons (Fsp3) is 0.500. The van der Waals surface area contributed by atoms with Crippen LogP contribution in [0.15, 0.2) is 24.3 Å². The zero-order valence-corrected chi connectivity index (χ0v) is 11.8. The van der Waals surface area contributed by atoms with E-state index >= 15 is 0 Å². The van der Waals surface area contributed by atoms with Crippen molar-refractivity contribution < 1.29 is 9.72 Å². The lowest BCUT2D eigenvalue weighted by Gasteiger charge is -2.22. The Hall–Kier alpha value is -2.15. The van der Waals surface area contributed by atoms with Crippen LogP contribution in [-0.4, -0.2) is 29.5 Å². The van der Waals surface area contributed by atoms with Gasteiger partial charge < -0.3 is 16.4 Å². The molecule has 2 rings (SSSR count). The molecule has 0 aliphatic heterocycles. The van der Waals surface area contributed by atoms with Gasteiger partial charge in [0.25, 0.3) is 5.69 Å². The predicted octanol–water partition coefficient (Wildman–Crippen LogP) is 1.39. The van der Waals surface area contributed by atoms with Gasteiger partial charge in [-0.1, -0.05) is 25.0 Å². The van der Waals surface area contributed by atoms with Crippen LogP contribution in [-0.2, 0) is 4.79 Å². The van der Waals surface area contributed by atoms with Crippen molar-refractivity contribution in [3.05, 3.63) is 34.4 Å². The fourth-order valence-corrected chi connectivity index (χ4v) is 2.56. The molecule has 0 aromatic heterocycles. The maximum Gasteiger partial charge on any atom is 0.292 e. The third-order valence-electron chi connectivity index (χ3n) is 3.77. The Morgan fingerprint density at radius 2 is 1.95 bits per heavy atom. The van der Waals surface area contributed by atoms with E-state index in [1.54, 1.807) is 18.2 Å². The Morgan fingerprint density at radius 1 is 1.29 bits per heavy atom. The van der Waals surface area contributed by atoms with Crippen molar-refractivity contribution >= 4 is 17.3 Å². The summed E-state index contributed by atoms with van der Waals surface area (Å²) in [5, 5.41) is 16.6. The van der Waals surface area contributed by atoms with Gasteiger partial charge >= 0.3 is 0 Å². The Morgan fingerprint density at radius 3 is 2.62 bits per heavy atom. The molecule has 0 bridgehead atoms. The molecule has 4 N–H and O–H groups in total. The molecular weight excluding hydrogens is 272 g/mol. The smallest absolute Gasteiger partial charge is 0.292 e. The van der Waals surface area contributed by atoms with E-state index in [1.807, 2.05) is 0 Å². The first-order valence-electron chi connectivity index (χ1n) is 7.07. The second-order valence-corrected chi connectivity index (χ2v) is 5.32. The Labute approximate surface area is 123 Å². The van der Waals surface area contributed by atoms with Gasteiger partial charge in [-0.2, -0.15) is 0 Å². The number of nitro groups is 1. The molecule has 0 spiro atoms. The van der Waals surface area contributed by atoms with E-state index in [1.165, 1.54) is 6.07 Å². The van der Waals surface area contributed by atoms with Gasteiger partial charge in [0, 0.05) is 19.2 Å². The van der Waals surface area contributed by atoms with Crippen LogP contribution in [0, 0.1) is 10.1 Å². The number of para-hydroxylation sites is 2. The fourth-order valence-electron chi connectivity index (χ4n) is 2.56. The van der Waals surface area contributed by atoms with Gasteiger partial charge in [-0.15, -0.1) is 0 Å². The van der Waals surface area contributed by atoms with Crippen molar-refractivity contribution in [1.29, 1.82) is 0 Å². The lowest BCUT2D eigenvalue weighted by molar-refractivity contribution is -0.384. The summed E-state index contributed by atoms with van der Waals surface area (Å²) in [4.78, 5) is 22.4. The number of hydrogen-bond donors (Lipinski definition) is 3. The molecule has 1 aromatic rings. The highest BCUT2D eigenvalue weighted by Crippen LogP contribution is 2.27. The van der Waals surface area contributed by atoms with Gasteiger partial charge in [-0.05, 0) is 18.9 Å². The molecule has 1 amide bonds. The minimum atomic E-state index is -0.737. The van der Waals surface area contributed by atoms with Gasteiger partial charge in [-0.3, -0.25) is 14.9 Å². The van der Waals surface area contributed by atoms with Crippen molar-refractivity contribution in [2.45, 2.75) is 31.2 Å². The van der Waals surface area contributed by atoms with Gasteiger partial charge in [-0.25, -0.2) is 0 Å². The quantitative estimate of drug-likeness (QED) is 0.417. The highest BCUT2D eigenvalue weighted by atomic mass is 16.6. The normalized spacial score (nSPS) is 16.4. The lowest BCUT2D eigenvalue weighted by atomic mass is 9.98. The molecule has 0 unspecified atom stereocenters. The standard InChI is InChI=1S/C14H20N4O3/c15-14(7-3-4-8-14)13(19)17-10-9-16-11-5-1-2-6-12(11)18(20)21/h1-2,5-6,16H,3-4,7-10,15H2,(H,17,19). The number of benzene rings is 1. The van der Waals surface area contributed by atoms with Crippen LogP contribution in [0.25, 0.3) is 0 Å². The summed E-state index contributed by atoms with van der Waals surface area (Å²) < 4.78 is 0. The molecule has 0 atom stereocenters. The molecule has 0 heterocycles. The Bertz CT molecular complexity index is 527.